The molecular weight excluding hydrogens is 219 g/mol. The molecule has 0 radical (unpaired) electrons. The molecule has 0 spiro atoms. The second kappa shape index (κ2) is 4.67. The fraction of sp³-hybridized carbons (Fsp3) is 0.222. The van der Waals surface area contributed by atoms with Gasteiger partial charge < -0.3 is 10.5 Å². The zero-order chi connectivity index (χ0) is 12.3. The van der Waals surface area contributed by atoms with Crippen molar-refractivity contribution in [3.8, 4) is 0 Å². The van der Waals surface area contributed by atoms with Crippen LogP contribution in [0.15, 0.2) is 18.2 Å². The Morgan fingerprint density at radius 1 is 1.62 bits per heavy atom. The number of carbonyl (C=O) groups excluding carboxylic acids is 1. The number of halogens is 1. The average Bonchev–Trinajstić information content (AvgIpc) is 2.26. The number of alkyl halides is 1. The molecule has 0 aliphatic carbocycles. The van der Waals surface area contributed by atoms with Crippen LogP contribution in [-0.2, 0) is 4.74 Å². The molecule has 1 atom stereocenters. The summed E-state index contributed by atoms with van der Waals surface area (Å²) >= 11 is 0. The van der Waals surface area contributed by atoms with E-state index in [1.54, 1.807) is 0 Å². The number of ether oxygens (including phenoxy) is 1. The first-order valence-electron chi connectivity index (χ1n) is 4.22. The molecule has 0 aliphatic rings. The van der Waals surface area contributed by atoms with Crippen LogP contribution >= 0.6 is 0 Å². The van der Waals surface area contributed by atoms with Crippen LogP contribution in [0.1, 0.15) is 22.3 Å². The van der Waals surface area contributed by atoms with E-state index in [2.05, 4.69) is 4.74 Å². The van der Waals surface area contributed by atoms with E-state index in [1.165, 1.54) is 0 Å². The van der Waals surface area contributed by atoms with Gasteiger partial charge >= 0.3 is 0 Å². The lowest BCUT2D eigenvalue weighted by atomic mass is 10.1. The zero-order valence-electron chi connectivity index (χ0n) is 8.34. The third-order valence-corrected chi connectivity index (χ3v) is 1.96. The van der Waals surface area contributed by atoms with E-state index in [9.17, 15) is 19.3 Å². The van der Waals surface area contributed by atoms with Crippen LogP contribution in [0.25, 0.3) is 0 Å². The highest BCUT2D eigenvalue weighted by atomic mass is 19.1. The predicted octanol–water partition coefficient (Wildman–Crippen LogP) is 1.31. The molecule has 7 heteroatoms. The van der Waals surface area contributed by atoms with Gasteiger partial charge in [-0.1, -0.05) is 0 Å². The van der Waals surface area contributed by atoms with Gasteiger partial charge in [0.2, 0.25) is 12.3 Å². The van der Waals surface area contributed by atoms with Crippen LogP contribution in [0.2, 0.25) is 0 Å². The first-order valence-corrected chi connectivity index (χ1v) is 4.22. The molecule has 0 heterocycles. The molecule has 0 aliphatic heterocycles. The number of nitro groups is 1. The van der Waals surface area contributed by atoms with Gasteiger partial charge in [0.05, 0.1) is 10.5 Å². The minimum atomic E-state index is -1.97. The number of carbonyl (C=O) groups is 1. The number of nitrogens with zero attached hydrogens (tertiary/aromatic N) is 1. The lowest BCUT2D eigenvalue weighted by molar-refractivity contribution is -0.386. The van der Waals surface area contributed by atoms with Gasteiger partial charge in [0.25, 0.3) is 5.69 Å². The number of methoxy groups -OCH3 is 1. The third kappa shape index (κ3) is 2.31. The van der Waals surface area contributed by atoms with E-state index in [0.717, 1.165) is 25.3 Å². The Balaban J connectivity index is 3.32. The molecule has 16 heavy (non-hydrogen) atoms. The number of amides is 1. The quantitative estimate of drug-likeness (QED) is 0.620. The topological polar surface area (TPSA) is 95.5 Å². The van der Waals surface area contributed by atoms with Crippen molar-refractivity contribution in [2.75, 3.05) is 7.11 Å². The number of benzene rings is 1. The number of primary amides is 1. The number of nitrogens with two attached hydrogens (primary N) is 1. The summed E-state index contributed by atoms with van der Waals surface area (Å²) in [6.07, 6.45) is -1.97. The van der Waals surface area contributed by atoms with Gasteiger partial charge in [0.15, 0.2) is 0 Å². The average molecular weight is 228 g/mol. The van der Waals surface area contributed by atoms with Gasteiger partial charge in [-0.05, 0) is 12.1 Å². The molecule has 1 aromatic carbocycles. The van der Waals surface area contributed by atoms with E-state index in [4.69, 9.17) is 5.73 Å². The van der Waals surface area contributed by atoms with Crippen molar-refractivity contribution in [3.05, 3.63) is 39.4 Å². The molecule has 6 nitrogen and oxygen atoms in total. The van der Waals surface area contributed by atoms with Crippen molar-refractivity contribution >= 4 is 11.6 Å². The summed E-state index contributed by atoms with van der Waals surface area (Å²) in [5.74, 6) is -0.792. The number of hydrogen-bond donors (Lipinski definition) is 1. The SMILES string of the molecule is COC(F)c1cc(C(N)=O)ccc1[N+](=O)[O-]. The molecule has 86 valence electrons. The summed E-state index contributed by atoms with van der Waals surface area (Å²) in [5.41, 5.74) is 4.18. The summed E-state index contributed by atoms with van der Waals surface area (Å²) < 4.78 is 17.6. The number of nitro benzene ring substituents is 1. The Kier molecular flexibility index (Phi) is 3.51. The normalized spacial score (nSPS) is 12.1. The molecule has 1 rings (SSSR count). The first-order chi connectivity index (χ1) is 7.47. The summed E-state index contributed by atoms with van der Waals surface area (Å²) in [6, 6.07) is 3.18. The van der Waals surface area contributed by atoms with Crippen LogP contribution in [0.3, 0.4) is 0 Å². The Morgan fingerprint density at radius 3 is 2.69 bits per heavy atom. The Morgan fingerprint density at radius 2 is 2.25 bits per heavy atom. The van der Waals surface area contributed by atoms with Gasteiger partial charge in [-0.3, -0.25) is 14.9 Å². The highest BCUT2D eigenvalue weighted by Crippen LogP contribution is 2.28. The van der Waals surface area contributed by atoms with E-state index in [1.807, 2.05) is 0 Å². The highest BCUT2D eigenvalue weighted by Gasteiger charge is 2.22. The molecular formula is C9H9FN2O4. The van der Waals surface area contributed by atoms with E-state index in [-0.39, 0.29) is 11.1 Å². The molecule has 0 fully saturated rings. The fourth-order valence-corrected chi connectivity index (χ4v) is 1.18. The monoisotopic (exact) mass is 228 g/mol. The molecule has 1 unspecified atom stereocenters. The van der Waals surface area contributed by atoms with Gasteiger partial charge in [0, 0.05) is 18.7 Å². The van der Waals surface area contributed by atoms with Crippen LogP contribution in [-0.4, -0.2) is 17.9 Å². The van der Waals surface area contributed by atoms with E-state index >= 15 is 0 Å². The van der Waals surface area contributed by atoms with Crippen LogP contribution in [0.5, 0.6) is 0 Å². The lowest BCUT2D eigenvalue weighted by Crippen LogP contribution is -2.12. The molecule has 1 amide bonds. The lowest BCUT2D eigenvalue weighted by Gasteiger charge is -2.07. The first kappa shape index (κ1) is 12.1. The van der Waals surface area contributed by atoms with Crippen molar-refractivity contribution in [1.29, 1.82) is 0 Å². The maximum atomic E-state index is 13.2. The Hall–Kier alpha value is -2.02. The number of rotatable bonds is 4. The van der Waals surface area contributed by atoms with Crippen LogP contribution < -0.4 is 5.73 Å². The summed E-state index contributed by atoms with van der Waals surface area (Å²) in [5, 5.41) is 10.6. The van der Waals surface area contributed by atoms with E-state index in [0.29, 0.717) is 0 Å². The standard InChI is InChI=1S/C9H9FN2O4/c1-16-8(10)6-4-5(9(11)13)2-3-7(6)12(14)15/h2-4,8H,1H3,(H2,11,13). The summed E-state index contributed by atoms with van der Waals surface area (Å²) in [4.78, 5) is 20.7. The minimum Gasteiger partial charge on any atom is -0.366 e. The second-order valence-corrected chi connectivity index (χ2v) is 2.95. The van der Waals surface area contributed by atoms with Crippen LogP contribution in [0.4, 0.5) is 10.1 Å². The van der Waals surface area contributed by atoms with Crippen molar-refractivity contribution in [2.24, 2.45) is 5.73 Å². The molecule has 1 aromatic rings. The molecule has 0 saturated carbocycles. The summed E-state index contributed by atoms with van der Waals surface area (Å²) in [7, 11) is 1.06. The largest absolute Gasteiger partial charge is 0.366 e. The predicted molar refractivity (Wildman–Crippen MR) is 52.5 cm³/mol. The van der Waals surface area contributed by atoms with E-state index < -0.39 is 22.9 Å². The van der Waals surface area contributed by atoms with Crippen molar-refractivity contribution in [3.63, 3.8) is 0 Å². The minimum absolute atomic E-state index is 0.0136. The van der Waals surface area contributed by atoms with Crippen molar-refractivity contribution in [2.45, 2.75) is 6.36 Å². The number of hydrogen-bond acceptors (Lipinski definition) is 4. The van der Waals surface area contributed by atoms with Gasteiger partial charge in [-0.15, -0.1) is 0 Å². The smallest absolute Gasteiger partial charge is 0.278 e. The van der Waals surface area contributed by atoms with Crippen molar-refractivity contribution in [1.82, 2.24) is 0 Å². The Bertz CT molecular complexity index is 436. The second-order valence-electron chi connectivity index (χ2n) is 2.95. The molecule has 0 bridgehead atoms. The highest BCUT2D eigenvalue weighted by molar-refractivity contribution is 5.93. The maximum absolute atomic E-state index is 13.2. The van der Waals surface area contributed by atoms with Crippen molar-refractivity contribution < 1.29 is 18.8 Å². The van der Waals surface area contributed by atoms with Crippen LogP contribution in [0, 0.1) is 10.1 Å². The maximum Gasteiger partial charge on any atom is 0.278 e. The summed E-state index contributed by atoms with van der Waals surface area (Å²) in [6.45, 7) is 0. The van der Waals surface area contributed by atoms with Gasteiger partial charge in [-0.25, -0.2) is 4.39 Å². The fourth-order valence-electron chi connectivity index (χ4n) is 1.18. The van der Waals surface area contributed by atoms with Gasteiger partial charge in [-0.2, -0.15) is 0 Å². The molecule has 0 aromatic heterocycles. The van der Waals surface area contributed by atoms with Gasteiger partial charge in [0.1, 0.15) is 0 Å². The zero-order valence-corrected chi connectivity index (χ0v) is 8.34. The third-order valence-electron chi connectivity index (χ3n) is 1.96. The molecule has 0 saturated heterocycles. The molecule has 2 N–H and O–H groups in total. The Labute approximate surface area is 90.0 Å².